The zero-order valence-electron chi connectivity index (χ0n) is 18.4. The summed E-state index contributed by atoms with van der Waals surface area (Å²) in [6.45, 7) is 1.88. The van der Waals surface area contributed by atoms with Crippen molar-refractivity contribution in [1.82, 2.24) is 28.9 Å². The van der Waals surface area contributed by atoms with E-state index in [1.807, 2.05) is 50.5 Å². The zero-order chi connectivity index (χ0) is 22.6. The van der Waals surface area contributed by atoms with Gasteiger partial charge in [-0.1, -0.05) is 0 Å². The Kier molecular flexibility index (Phi) is 4.47. The molecule has 0 unspecified atom stereocenters. The molecule has 0 bridgehead atoms. The van der Waals surface area contributed by atoms with Crippen LogP contribution in [-0.2, 0) is 14.1 Å². The summed E-state index contributed by atoms with van der Waals surface area (Å²) in [5.74, 6) is 1.26. The average Bonchev–Trinajstić information content (AvgIpc) is 3.27. The summed E-state index contributed by atoms with van der Waals surface area (Å²) in [6, 6.07) is 9.46. The number of methoxy groups -OCH3 is 2. The number of pyridine rings is 2. The van der Waals surface area contributed by atoms with E-state index in [1.54, 1.807) is 41.3 Å². The van der Waals surface area contributed by atoms with Gasteiger partial charge in [0.05, 0.1) is 48.5 Å². The summed E-state index contributed by atoms with van der Waals surface area (Å²) in [5, 5.41) is 4.41. The molecule has 0 amide bonds. The fourth-order valence-electron chi connectivity index (χ4n) is 4.04. The number of fused-ring (bicyclic) bond motifs is 3. The topological polar surface area (TPSA) is 89.0 Å². The second-order valence-corrected chi connectivity index (χ2v) is 7.58. The lowest BCUT2D eigenvalue weighted by atomic mass is 10.1. The monoisotopic (exact) mass is 430 g/mol. The Morgan fingerprint density at radius 1 is 1.00 bits per heavy atom. The van der Waals surface area contributed by atoms with Crippen LogP contribution in [0.25, 0.3) is 39.0 Å². The molecule has 9 nitrogen and oxygen atoms in total. The predicted octanol–water partition coefficient (Wildman–Crippen LogP) is 3.00. The minimum absolute atomic E-state index is 0.177. The van der Waals surface area contributed by atoms with Crippen LogP contribution in [0, 0.1) is 6.92 Å². The minimum atomic E-state index is -0.177. The molecule has 4 aromatic heterocycles. The molecule has 0 aliphatic rings. The average molecular weight is 430 g/mol. The van der Waals surface area contributed by atoms with Crippen LogP contribution in [0.15, 0.2) is 47.5 Å². The van der Waals surface area contributed by atoms with Crippen molar-refractivity contribution in [3.8, 4) is 28.4 Å². The van der Waals surface area contributed by atoms with E-state index in [0.29, 0.717) is 39.3 Å². The summed E-state index contributed by atoms with van der Waals surface area (Å²) in [6.07, 6.45) is 3.54. The summed E-state index contributed by atoms with van der Waals surface area (Å²) in [4.78, 5) is 22.7. The van der Waals surface area contributed by atoms with Crippen LogP contribution in [0.1, 0.15) is 5.69 Å². The molecule has 0 radical (unpaired) electrons. The van der Waals surface area contributed by atoms with Gasteiger partial charge >= 0.3 is 5.69 Å². The molecule has 4 heterocycles. The van der Waals surface area contributed by atoms with Crippen molar-refractivity contribution in [2.24, 2.45) is 14.1 Å². The maximum absolute atomic E-state index is 13.2. The lowest BCUT2D eigenvalue weighted by molar-refractivity contribution is 0.355. The van der Waals surface area contributed by atoms with Gasteiger partial charge in [-0.25, -0.2) is 9.78 Å². The van der Waals surface area contributed by atoms with Crippen LogP contribution < -0.4 is 15.2 Å². The smallest absolute Gasteiger partial charge is 0.333 e. The molecular formula is C23H22N6O3. The van der Waals surface area contributed by atoms with Crippen molar-refractivity contribution in [3.05, 3.63) is 58.9 Å². The molecule has 0 spiro atoms. The zero-order valence-corrected chi connectivity index (χ0v) is 18.4. The maximum atomic E-state index is 13.2. The highest BCUT2D eigenvalue weighted by atomic mass is 16.5. The molecule has 0 atom stereocenters. The van der Waals surface area contributed by atoms with Gasteiger partial charge in [-0.15, -0.1) is 0 Å². The number of aryl methyl sites for hydroxylation is 3. The first-order chi connectivity index (χ1) is 15.4. The number of aromatic nitrogens is 6. The number of benzene rings is 1. The number of rotatable bonds is 4. The van der Waals surface area contributed by atoms with Crippen molar-refractivity contribution in [2.75, 3.05) is 14.2 Å². The molecule has 5 rings (SSSR count). The first-order valence-electron chi connectivity index (χ1n) is 10.0. The van der Waals surface area contributed by atoms with Crippen LogP contribution in [0.5, 0.6) is 11.5 Å². The van der Waals surface area contributed by atoms with Gasteiger partial charge in [-0.2, -0.15) is 5.10 Å². The van der Waals surface area contributed by atoms with Crippen molar-refractivity contribution in [1.29, 1.82) is 0 Å². The fourth-order valence-corrected chi connectivity index (χ4v) is 4.04. The summed E-state index contributed by atoms with van der Waals surface area (Å²) in [5.41, 5.74) is 5.62. The molecule has 5 aromatic rings. The van der Waals surface area contributed by atoms with Crippen molar-refractivity contribution >= 4 is 22.1 Å². The molecule has 0 N–H and O–H groups in total. The Hall–Kier alpha value is -4.14. The molecule has 0 saturated carbocycles. The Labute approximate surface area is 183 Å². The molecule has 0 fully saturated rings. The molecule has 0 saturated heterocycles. The lowest BCUT2D eigenvalue weighted by Gasteiger charge is -2.10. The van der Waals surface area contributed by atoms with Gasteiger partial charge in [0.2, 0.25) is 0 Å². The molecule has 1 aromatic carbocycles. The van der Waals surface area contributed by atoms with Gasteiger partial charge in [0, 0.05) is 25.9 Å². The predicted molar refractivity (Wildman–Crippen MR) is 122 cm³/mol. The SMILES string of the molecule is COc1ccc(-c2ccc3ncc4c(c3n2)n(-c2cn(C)nc2C)c(=O)n4C)cc1OC. The Morgan fingerprint density at radius 3 is 2.47 bits per heavy atom. The second-order valence-electron chi connectivity index (χ2n) is 7.58. The summed E-state index contributed by atoms with van der Waals surface area (Å²) >= 11 is 0. The van der Waals surface area contributed by atoms with E-state index in [1.165, 1.54) is 0 Å². The number of hydrogen-bond acceptors (Lipinski definition) is 6. The van der Waals surface area contributed by atoms with Crippen LogP contribution in [0.3, 0.4) is 0 Å². The van der Waals surface area contributed by atoms with Crippen molar-refractivity contribution in [3.63, 3.8) is 0 Å². The van der Waals surface area contributed by atoms with Crippen molar-refractivity contribution < 1.29 is 9.47 Å². The lowest BCUT2D eigenvalue weighted by Crippen LogP contribution is -2.21. The highest BCUT2D eigenvalue weighted by Gasteiger charge is 2.20. The number of imidazole rings is 1. The highest BCUT2D eigenvalue weighted by Crippen LogP contribution is 2.33. The van der Waals surface area contributed by atoms with E-state index in [4.69, 9.17) is 14.5 Å². The van der Waals surface area contributed by atoms with Crippen LogP contribution >= 0.6 is 0 Å². The van der Waals surface area contributed by atoms with E-state index < -0.39 is 0 Å². The van der Waals surface area contributed by atoms with Gasteiger partial charge in [-0.05, 0) is 37.3 Å². The molecular weight excluding hydrogens is 408 g/mol. The third-order valence-electron chi connectivity index (χ3n) is 5.64. The largest absolute Gasteiger partial charge is 0.493 e. The van der Waals surface area contributed by atoms with Gasteiger partial charge in [0.15, 0.2) is 11.5 Å². The van der Waals surface area contributed by atoms with Crippen molar-refractivity contribution in [2.45, 2.75) is 6.92 Å². The van der Waals surface area contributed by atoms with E-state index in [9.17, 15) is 4.79 Å². The molecule has 9 heteroatoms. The standard InChI is InChI=1S/C23H22N6O3/c1-13-18(12-27(2)26-13)29-22-17(28(3)23(29)30)11-24-16-8-7-15(25-21(16)22)14-6-9-19(31-4)20(10-14)32-5/h6-12H,1-5H3. The van der Waals surface area contributed by atoms with Gasteiger partial charge in [-0.3, -0.25) is 18.8 Å². The van der Waals surface area contributed by atoms with E-state index in [2.05, 4.69) is 10.1 Å². The Bertz CT molecular complexity index is 1560. The first-order valence-corrected chi connectivity index (χ1v) is 10.0. The van der Waals surface area contributed by atoms with E-state index >= 15 is 0 Å². The maximum Gasteiger partial charge on any atom is 0.333 e. The number of nitrogens with zero attached hydrogens (tertiary/aromatic N) is 6. The third-order valence-corrected chi connectivity index (χ3v) is 5.64. The number of hydrogen-bond donors (Lipinski definition) is 0. The normalized spacial score (nSPS) is 11.4. The van der Waals surface area contributed by atoms with Gasteiger partial charge < -0.3 is 9.47 Å². The quantitative estimate of drug-likeness (QED) is 0.436. The number of ether oxygens (including phenoxy) is 2. The van der Waals surface area contributed by atoms with Gasteiger partial charge in [0.1, 0.15) is 11.0 Å². The summed E-state index contributed by atoms with van der Waals surface area (Å²) < 4.78 is 15.7. The third kappa shape index (κ3) is 2.85. The Balaban J connectivity index is 1.83. The van der Waals surface area contributed by atoms with E-state index in [-0.39, 0.29) is 5.69 Å². The first kappa shape index (κ1) is 19.8. The summed E-state index contributed by atoms with van der Waals surface area (Å²) in [7, 11) is 6.77. The minimum Gasteiger partial charge on any atom is -0.493 e. The van der Waals surface area contributed by atoms with E-state index in [0.717, 1.165) is 17.0 Å². The van der Waals surface area contributed by atoms with Crippen LogP contribution in [0.2, 0.25) is 0 Å². The van der Waals surface area contributed by atoms with Gasteiger partial charge in [0.25, 0.3) is 0 Å². The fraction of sp³-hybridized carbons (Fsp3) is 0.217. The van der Waals surface area contributed by atoms with Crippen LogP contribution in [0.4, 0.5) is 0 Å². The molecule has 0 aliphatic heterocycles. The van der Waals surface area contributed by atoms with Crippen LogP contribution in [-0.4, -0.2) is 43.1 Å². The second kappa shape index (κ2) is 7.23. The highest BCUT2D eigenvalue weighted by molar-refractivity contribution is 6.01. The molecule has 32 heavy (non-hydrogen) atoms. The molecule has 0 aliphatic carbocycles. The molecule has 162 valence electrons. The Morgan fingerprint density at radius 2 is 1.78 bits per heavy atom.